The van der Waals surface area contributed by atoms with E-state index >= 15 is 0 Å². The molecule has 1 unspecified atom stereocenters. The van der Waals surface area contributed by atoms with Crippen LogP contribution in [0.1, 0.15) is 17.2 Å². The first-order valence-corrected chi connectivity index (χ1v) is 18.9. The Labute approximate surface area is 160 Å². The van der Waals surface area contributed by atoms with Crippen molar-refractivity contribution in [2.45, 2.75) is 20.9 Å². The molecule has 0 aliphatic carbocycles. The van der Waals surface area contributed by atoms with Crippen LogP contribution in [-0.2, 0) is 0 Å². The zero-order valence-electron chi connectivity index (χ0n) is 15.9. The molecule has 0 aromatic heterocycles. The van der Waals surface area contributed by atoms with Gasteiger partial charge in [0.25, 0.3) is 0 Å². The first-order valence-electron chi connectivity index (χ1n) is 8.92. The van der Waals surface area contributed by atoms with Crippen molar-refractivity contribution in [2.24, 2.45) is 0 Å². The van der Waals surface area contributed by atoms with E-state index in [1.54, 1.807) is 7.11 Å². The predicted molar refractivity (Wildman–Crippen MR) is 112 cm³/mol. The van der Waals surface area contributed by atoms with Crippen LogP contribution in [0, 0.1) is 0 Å². The molecule has 134 valence electrons. The van der Waals surface area contributed by atoms with E-state index in [0.29, 0.717) is 0 Å². The molecule has 0 aliphatic heterocycles. The molecule has 1 atom stereocenters. The van der Waals surface area contributed by atoms with Crippen molar-refractivity contribution < 1.29 is 9.84 Å². The molecule has 2 nitrogen and oxygen atoms in total. The summed E-state index contributed by atoms with van der Waals surface area (Å²) in [6.07, 6.45) is -0.666. The van der Waals surface area contributed by atoms with Crippen LogP contribution in [0.2, 0.25) is 14.8 Å². The fourth-order valence-corrected chi connectivity index (χ4v) is 7.95. The van der Waals surface area contributed by atoms with Crippen molar-refractivity contribution in [1.82, 2.24) is 0 Å². The first-order chi connectivity index (χ1) is 12.4. The molecule has 0 amide bonds. The number of methoxy groups -OCH3 is 1. The Morgan fingerprint density at radius 1 is 0.769 bits per heavy atom. The maximum absolute atomic E-state index is 11.1. The molecule has 1 N–H and O–H groups in total. The second-order valence-electron chi connectivity index (χ2n) is 7.56. The molecule has 0 radical (unpaired) electrons. The van der Waals surface area contributed by atoms with Crippen LogP contribution in [-0.4, -0.2) is 30.6 Å². The van der Waals surface area contributed by atoms with Gasteiger partial charge in [-0.15, -0.1) is 0 Å². The number of aliphatic hydroxyl groups excluding tert-OH is 1. The standard InChI is InChI=1S/C20H17O2.3CH3.Sn/c1-22-17-13-11-16(12-14-17)20(21)19-10-6-5-9-18(19)15-7-3-2-4-8-15;;;;/h2-7,9-14,20-21H,1H3;3*1H3;. The Balaban J connectivity index is 2.10. The first kappa shape index (κ1) is 19.0. The quantitative estimate of drug-likeness (QED) is 0.552. The summed E-state index contributed by atoms with van der Waals surface area (Å²) >= 11 is -2.29. The molecule has 0 aliphatic rings. The zero-order valence-corrected chi connectivity index (χ0v) is 18.7. The van der Waals surface area contributed by atoms with Gasteiger partial charge in [0.2, 0.25) is 0 Å². The van der Waals surface area contributed by atoms with Crippen molar-refractivity contribution in [3.63, 3.8) is 0 Å². The summed E-state index contributed by atoms with van der Waals surface area (Å²) < 4.78 is 6.71. The second kappa shape index (κ2) is 7.85. The summed E-state index contributed by atoms with van der Waals surface area (Å²) in [6.45, 7) is 0. The molecule has 0 saturated carbocycles. The molecular formula is C23H26O2Sn. The van der Waals surface area contributed by atoms with E-state index in [0.717, 1.165) is 22.4 Å². The summed E-state index contributed by atoms with van der Waals surface area (Å²) in [5.74, 6) is 0.793. The Bertz CT molecular complexity index is 879. The molecule has 26 heavy (non-hydrogen) atoms. The van der Waals surface area contributed by atoms with Crippen LogP contribution in [0.4, 0.5) is 0 Å². The molecule has 3 heteroatoms. The number of rotatable bonds is 5. The third-order valence-electron chi connectivity index (χ3n) is 4.71. The van der Waals surface area contributed by atoms with Gasteiger partial charge in [-0.25, -0.2) is 0 Å². The summed E-state index contributed by atoms with van der Waals surface area (Å²) in [4.78, 5) is 7.28. The average Bonchev–Trinajstić information content (AvgIpc) is 2.67. The van der Waals surface area contributed by atoms with E-state index in [2.05, 4.69) is 51.2 Å². The van der Waals surface area contributed by atoms with Crippen LogP contribution in [0.25, 0.3) is 11.1 Å². The molecule has 0 heterocycles. The molecule has 0 fully saturated rings. The minimum absolute atomic E-state index is 0.666. The van der Waals surface area contributed by atoms with Crippen molar-refractivity contribution in [3.8, 4) is 16.9 Å². The minimum atomic E-state index is -2.29. The van der Waals surface area contributed by atoms with E-state index < -0.39 is 24.5 Å². The van der Waals surface area contributed by atoms with Gasteiger partial charge in [0.15, 0.2) is 0 Å². The Kier molecular flexibility index (Phi) is 5.73. The normalized spacial score (nSPS) is 12.7. The van der Waals surface area contributed by atoms with Gasteiger partial charge in [-0.05, 0) is 0 Å². The Hall–Kier alpha value is -1.78. The SMILES string of the molecule is COc1ccc(C(O)c2ccccc2-c2cccc[c]2[Sn]([CH3])([CH3])[CH3])cc1. The van der Waals surface area contributed by atoms with E-state index in [1.165, 1.54) is 9.14 Å². The fraction of sp³-hybridized carbons (Fsp3) is 0.217. The van der Waals surface area contributed by atoms with Crippen molar-refractivity contribution >= 4 is 22.0 Å². The molecule has 3 rings (SSSR count). The summed E-state index contributed by atoms with van der Waals surface area (Å²) in [6, 6.07) is 24.5. The van der Waals surface area contributed by atoms with E-state index in [4.69, 9.17) is 4.74 Å². The van der Waals surface area contributed by atoms with E-state index in [1.807, 2.05) is 36.4 Å². The topological polar surface area (TPSA) is 29.5 Å². The number of benzene rings is 3. The number of hydrogen-bond donors (Lipinski definition) is 1. The Morgan fingerprint density at radius 3 is 1.96 bits per heavy atom. The molecule has 0 bridgehead atoms. The maximum atomic E-state index is 11.1. The van der Waals surface area contributed by atoms with Crippen LogP contribution in [0.3, 0.4) is 0 Å². The second-order valence-corrected chi connectivity index (χ2v) is 21.9. The predicted octanol–water partition coefficient (Wildman–Crippen LogP) is 4.99. The van der Waals surface area contributed by atoms with Crippen LogP contribution in [0.15, 0.2) is 72.8 Å². The zero-order chi connectivity index (χ0) is 18.7. The van der Waals surface area contributed by atoms with Crippen molar-refractivity contribution in [2.75, 3.05) is 7.11 Å². The van der Waals surface area contributed by atoms with Gasteiger partial charge >= 0.3 is 161 Å². The summed E-state index contributed by atoms with van der Waals surface area (Å²) in [5.41, 5.74) is 4.20. The molecule has 3 aromatic carbocycles. The van der Waals surface area contributed by atoms with Gasteiger partial charge in [-0.1, -0.05) is 0 Å². The Morgan fingerprint density at radius 2 is 1.35 bits per heavy atom. The van der Waals surface area contributed by atoms with Crippen LogP contribution < -0.4 is 8.32 Å². The van der Waals surface area contributed by atoms with Gasteiger partial charge in [-0.3, -0.25) is 0 Å². The van der Waals surface area contributed by atoms with Crippen molar-refractivity contribution in [1.29, 1.82) is 0 Å². The number of hydrogen-bond acceptors (Lipinski definition) is 2. The average molecular weight is 453 g/mol. The van der Waals surface area contributed by atoms with Gasteiger partial charge in [-0.2, -0.15) is 0 Å². The van der Waals surface area contributed by atoms with Gasteiger partial charge in [0, 0.05) is 0 Å². The van der Waals surface area contributed by atoms with Gasteiger partial charge < -0.3 is 0 Å². The number of aliphatic hydroxyl groups is 1. The summed E-state index contributed by atoms with van der Waals surface area (Å²) in [5, 5.41) is 11.1. The third kappa shape index (κ3) is 3.97. The van der Waals surface area contributed by atoms with Crippen LogP contribution in [0.5, 0.6) is 5.75 Å². The summed E-state index contributed by atoms with van der Waals surface area (Å²) in [7, 11) is 1.65. The van der Waals surface area contributed by atoms with Gasteiger partial charge in [0.1, 0.15) is 0 Å². The molecule has 0 spiro atoms. The van der Waals surface area contributed by atoms with E-state index in [9.17, 15) is 5.11 Å². The molecule has 0 saturated heterocycles. The fourth-order valence-electron chi connectivity index (χ4n) is 3.32. The monoisotopic (exact) mass is 454 g/mol. The van der Waals surface area contributed by atoms with Crippen molar-refractivity contribution in [3.05, 3.63) is 83.9 Å². The third-order valence-corrected chi connectivity index (χ3v) is 10.6. The number of ether oxygens (including phenoxy) is 1. The van der Waals surface area contributed by atoms with E-state index in [-0.39, 0.29) is 0 Å². The molecule has 3 aromatic rings. The van der Waals surface area contributed by atoms with Crippen LogP contribution >= 0.6 is 0 Å². The van der Waals surface area contributed by atoms with Gasteiger partial charge in [0.05, 0.1) is 0 Å². The molecular weight excluding hydrogens is 427 g/mol.